The van der Waals surface area contributed by atoms with Crippen molar-refractivity contribution < 1.29 is 0 Å². The van der Waals surface area contributed by atoms with Crippen LogP contribution in [0.1, 0.15) is 17.2 Å². The number of guanidine groups is 1. The summed E-state index contributed by atoms with van der Waals surface area (Å²) in [6.07, 6.45) is 0. The number of hydrogen-bond donors (Lipinski definition) is 1. The van der Waals surface area contributed by atoms with E-state index in [2.05, 4.69) is 72.9 Å². The predicted octanol–water partition coefficient (Wildman–Crippen LogP) is 4.40. The summed E-state index contributed by atoms with van der Waals surface area (Å²) in [4.78, 5) is 6.52. The average Bonchev–Trinajstić information content (AvgIpc) is 2.84. The van der Waals surface area contributed by atoms with Gasteiger partial charge in [-0.2, -0.15) is 0 Å². The molecule has 1 aliphatic heterocycles. The molecule has 0 saturated carbocycles. The third kappa shape index (κ3) is 2.72. The summed E-state index contributed by atoms with van der Waals surface area (Å²) in [6.45, 7) is 2.77. The van der Waals surface area contributed by atoms with E-state index in [0.29, 0.717) is 12.5 Å². The van der Waals surface area contributed by atoms with Crippen molar-refractivity contribution in [1.82, 2.24) is 0 Å². The van der Waals surface area contributed by atoms with Crippen LogP contribution in [0.2, 0.25) is 0 Å². The Morgan fingerprint density at radius 1 is 1.14 bits per heavy atom. The quantitative estimate of drug-likeness (QED) is 0.800. The van der Waals surface area contributed by atoms with Gasteiger partial charge in [0.2, 0.25) is 0 Å². The van der Waals surface area contributed by atoms with E-state index in [1.54, 1.807) is 0 Å². The van der Waals surface area contributed by atoms with Gasteiger partial charge in [0, 0.05) is 8.95 Å². The molecule has 0 aromatic heterocycles. The standard InChI is InChI=1S/C16H15Br2N3/c1-10-8-11(6-7-12(10)17)15-9-20-16(19)21(15)14-5-3-2-4-13(14)18/h2-8,15H,9H2,1H3,(H2,19,20). The summed E-state index contributed by atoms with van der Waals surface area (Å²) < 4.78 is 2.13. The summed E-state index contributed by atoms with van der Waals surface area (Å²) in [5.74, 6) is 0.562. The van der Waals surface area contributed by atoms with Crippen molar-refractivity contribution >= 4 is 43.5 Å². The van der Waals surface area contributed by atoms with Crippen molar-refractivity contribution in [2.45, 2.75) is 13.0 Å². The van der Waals surface area contributed by atoms with Gasteiger partial charge in [0.25, 0.3) is 0 Å². The number of rotatable bonds is 2. The molecular weight excluding hydrogens is 394 g/mol. The maximum atomic E-state index is 6.12. The van der Waals surface area contributed by atoms with E-state index in [1.807, 2.05) is 18.2 Å². The maximum absolute atomic E-state index is 6.12. The lowest BCUT2D eigenvalue weighted by Gasteiger charge is -2.28. The van der Waals surface area contributed by atoms with Crippen molar-refractivity contribution in [3.63, 3.8) is 0 Å². The summed E-state index contributed by atoms with van der Waals surface area (Å²) >= 11 is 7.15. The molecular formula is C16H15Br2N3. The molecule has 1 aliphatic rings. The van der Waals surface area contributed by atoms with Crippen LogP contribution >= 0.6 is 31.9 Å². The minimum Gasteiger partial charge on any atom is -0.369 e. The van der Waals surface area contributed by atoms with Gasteiger partial charge in [-0.15, -0.1) is 0 Å². The minimum absolute atomic E-state index is 0.135. The van der Waals surface area contributed by atoms with E-state index >= 15 is 0 Å². The lowest BCUT2D eigenvalue weighted by Crippen LogP contribution is -2.36. The third-order valence-corrected chi connectivity index (χ3v) is 5.22. The molecule has 0 amide bonds. The van der Waals surface area contributed by atoms with Gasteiger partial charge in [0.15, 0.2) is 5.96 Å². The fraction of sp³-hybridized carbons (Fsp3) is 0.188. The van der Waals surface area contributed by atoms with Crippen molar-refractivity contribution in [3.05, 3.63) is 62.5 Å². The summed E-state index contributed by atoms with van der Waals surface area (Å²) in [5, 5.41) is 0. The summed E-state index contributed by atoms with van der Waals surface area (Å²) in [6, 6.07) is 14.6. The van der Waals surface area contributed by atoms with Gasteiger partial charge >= 0.3 is 0 Å². The molecule has 0 bridgehead atoms. The Kier molecular flexibility index (Phi) is 4.04. The Hall–Kier alpha value is -1.33. The van der Waals surface area contributed by atoms with Crippen LogP contribution in [-0.4, -0.2) is 12.5 Å². The number of nitrogens with two attached hydrogens (primary N) is 1. The Morgan fingerprint density at radius 2 is 1.90 bits per heavy atom. The molecule has 2 aromatic rings. The summed E-state index contributed by atoms with van der Waals surface area (Å²) in [5.41, 5.74) is 9.60. The first-order valence-corrected chi connectivity index (χ1v) is 8.26. The number of aliphatic imine (C=N–C) groups is 1. The van der Waals surface area contributed by atoms with Gasteiger partial charge in [-0.05, 0) is 52.2 Å². The molecule has 2 aromatic carbocycles. The van der Waals surface area contributed by atoms with Gasteiger partial charge in [-0.1, -0.05) is 40.2 Å². The van der Waals surface area contributed by atoms with Crippen molar-refractivity contribution in [3.8, 4) is 0 Å². The van der Waals surface area contributed by atoms with Crippen LogP contribution < -0.4 is 10.6 Å². The predicted molar refractivity (Wildman–Crippen MR) is 94.7 cm³/mol. The van der Waals surface area contributed by atoms with Crippen LogP contribution in [0.3, 0.4) is 0 Å². The van der Waals surface area contributed by atoms with Crippen LogP contribution in [0, 0.1) is 6.92 Å². The Bertz CT molecular complexity index is 712. The number of hydrogen-bond acceptors (Lipinski definition) is 3. The molecule has 1 heterocycles. The molecule has 5 heteroatoms. The number of benzene rings is 2. The number of para-hydroxylation sites is 1. The Balaban J connectivity index is 2.03. The van der Waals surface area contributed by atoms with Crippen LogP contribution in [0.15, 0.2) is 56.4 Å². The monoisotopic (exact) mass is 407 g/mol. The first-order valence-electron chi connectivity index (χ1n) is 6.67. The topological polar surface area (TPSA) is 41.6 Å². The molecule has 0 fully saturated rings. The van der Waals surface area contributed by atoms with Crippen LogP contribution in [-0.2, 0) is 0 Å². The summed E-state index contributed by atoms with van der Waals surface area (Å²) in [7, 11) is 0. The highest BCUT2D eigenvalue weighted by Gasteiger charge is 2.30. The fourth-order valence-corrected chi connectivity index (χ4v) is 3.29. The number of anilines is 1. The van der Waals surface area contributed by atoms with Gasteiger partial charge in [-0.3, -0.25) is 4.99 Å². The first-order chi connectivity index (χ1) is 10.1. The first kappa shape index (κ1) is 14.6. The van der Waals surface area contributed by atoms with E-state index in [4.69, 9.17) is 5.73 Å². The lowest BCUT2D eigenvalue weighted by molar-refractivity contribution is 0.766. The highest BCUT2D eigenvalue weighted by Crippen LogP contribution is 2.36. The molecule has 3 rings (SSSR count). The second-order valence-electron chi connectivity index (χ2n) is 5.04. The van der Waals surface area contributed by atoms with Gasteiger partial charge in [0.05, 0.1) is 18.3 Å². The van der Waals surface area contributed by atoms with Crippen LogP contribution in [0.25, 0.3) is 0 Å². The third-order valence-electron chi connectivity index (χ3n) is 3.66. The SMILES string of the molecule is Cc1cc(C2CN=C(N)N2c2ccccc2Br)ccc1Br. The van der Waals surface area contributed by atoms with Gasteiger partial charge in [-0.25, -0.2) is 0 Å². The molecule has 0 spiro atoms. The Labute approximate surface area is 141 Å². The number of halogens is 2. The second kappa shape index (κ2) is 5.81. The molecule has 1 atom stereocenters. The second-order valence-corrected chi connectivity index (χ2v) is 6.75. The van der Waals surface area contributed by atoms with E-state index in [9.17, 15) is 0 Å². The molecule has 21 heavy (non-hydrogen) atoms. The van der Waals surface area contributed by atoms with E-state index < -0.39 is 0 Å². The molecule has 2 N–H and O–H groups in total. The normalized spacial score (nSPS) is 18.0. The van der Waals surface area contributed by atoms with Gasteiger partial charge < -0.3 is 10.6 Å². The average molecular weight is 409 g/mol. The van der Waals surface area contributed by atoms with E-state index in [0.717, 1.165) is 14.6 Å². The van der Waals surface area contributed by atoms with Crippen molar-refractivity contribution in [2.24, 2.45) is 10.7 Å². The van der Waals surface area contributed by atoms with Crippen LogP contribution in [0.5, 0.6) is 0 Å². The zero-order chi connectivity index (χ0) is 15.0. The largest absolute Gasteiger partial charge is 0.369 e. The highest BCUT2D eigenvalue weighted by atomic mass is 79.9. The highest BCUT2D eigenvalue weighted by molar-refractivity contribution is 9.10. The number of aryl methyl sites for hydroxylation is 1. The molecule has 3 nitrogen and oxygen atoms in total. The Morgan fingerprint density at radius 3 is 2.62 bits per heavy atom. The molecule has 1 unspecified atom stereocenters. The zero-order valence-corrected chi connectivity index (χ0v) is 14.7. The number of nitrogens with zero attached hydrogens (tertiary/aromatic N) is 2. The molecule has 108 valence electrons. The van der Waals surface area contributed by atoms with E-state index in [-0.39, 0.29) is 6.04 Å². The fourth-order valence-electron chi connectivity index (χ4n) is 2.57. The molecule has 0 radical (unpaired) electrons. The van der Waals surface area contributed by atoms with Crippen molar-refractivity contribution in [1.29, 1.82) is 0 Å². The van der Waals surface area contributed by atoms with Crippen LogP contribution in [0.4, 0.5) is 5.69 Å². The molecule has 0 saturated heterocycles. The minimum atomic E-state index is 0.135. The smallest absolute Gasteiger partial charge is 0.196 e. The molecule has 0 aliphatic carbocycles. The zero-order valence-electron chi connectivity index (χ0n) is 11.6. The maximum Gasteiger partial charge on any atom is 0.196 e. The van der Waals surface area contributed by atoms with Crippen molar-refractivity contribution in [2.75, 3.05) is 11.4 Å². The van der Waals surface area contributed by atoms with E-state index in [1.165, 1.54) is 11.1 Å². The lowest BCUT2D eigenvalue weighted by atomic mass is 10.0. The van der Waals surface area contributed by atoms with Gasteiger partial charge in [0.1, 0.15) is 0 Å².